The van der Waals surface area contributed by atoms with E-state index in [1.807, 2.05) is 36.4 Å². The second-order valence-electron chi connectivity index (χ2n) is 5.61. The first-order valence-electron chi connectivity index (χ1n) is 8.11. The Labute approximate surface area is 161 Å². The smallest absolute Gasteiger partial charge is 0.341 e. The summed E-state index contributed by atoms with van der Waals surface area (Å²) in [6, 6.07) is 16.4. The molecule has 7 heteroatoms. The number of nitrogens with zero attached hydrogens (tertiary/aromatic N) is 1. The van der Waals surface area contributed by atoms with E-state index in [-0.39, 0.29) is 0 Å². The molecule has 0 amide bonds. The highest BCUT2D eigenvalue weighted by Crippen LogP contribution is 2.27. The molecule has 0 radical (unpaired) electrons. The standard InChI is InChI=1S/C20H18ClN3O3/c1-26-16-9-5-14(6-10-16)18-11-17(20(25)27-2)19(23-18)24-22-12-13-3-7-15(21)8-4-13/h3-12,23-24H,1-2H3/b22-12+. The molecule has 0 fully saturated rings. The third-order valence-electron chi connectivity index (χ3n) is 3.88. The van der Waals surface area contributed by atoms with Gasteiger partial charge in [0.05, 0.1) is 20.4 Å². The molecule has 2 N–H and O–H groups in total. The van der Waals surface area contributed by atoms with E-state index in [2.05, 4.69) is 15.5 Å². The van der Waals surface area contributed by atoms with Gasteiger partial charge in [0.2, 0.25) is 0 Å². The molecule has 0 saturated heterocycles. The molecular formula is C20H18ClN3O3. The molecule has 0 spiro atoms. The summed E-state index contributed by atoms with van der Waals surface area (Å²) in [6.45, 7) is 0. The minimum Gasteiger partial charge on any atom is -0.497 e. The molecule has 3 rings (SSSR count). The van der Waals surface area contributed by atoms with Gasteiger partial charge in [-0.1, -0.05) is 23.7 Å². The van der Waals surface area contributed by atoms with Crippen LogP contribution in [0.5, 0.6) is 5.75 Å². The summed E-state index contributed by atoms with van der Waals surface area (Å²) in [6.07, 6.45) is 1.63. The molecule has 0 aliphatic rings. The van der Waals surface area contributed by atoms with Crippen LogP contribution in [-0.2, 0) is 4.74 Å². The number of carbonyl (C=O) groups is 1. The zero-order valence-electron chi connectivity index (χ0n) is 14.8. The van der Waals surface area contributed by atoms with Crippen LogP contribution in [0.4, 0.5) is 5.82 Å². The first kappa shape index (κ1) is 18.5. The number of benzene rings is 2. The second-order valence-corrected chi connectivity index (χ2v) is 6.05. The van der Waals surface area contributed by atoms with Crippen molar-refractivity contribution in [3.8, 4) is 17.0 Å². The number of hydrazone groups is 1. The lowest BCUT2D eigenvalue weighted by Crippen LogP contribution is -2.03. The molecule has 0 unspecified atom stereocenters. The highest BCUT2D eigenvalue weighted by molar-refractivity contribution is 6.30. The fraction of sp³-hybridized carbons (Fsp3) is 0.100. The Kier molecular flexibility index (Phi) is 5.78. The molecule has 6 nitrogen and oxygen atoms in total. The van der Waals surface area contributed by atoms with E-state index in [9.17, 15) is 4.79 Å². The second kappa shape index (κ2) is 8.42. The van der Waals surface area contributed by atoms with Crippen LogP contribution in [0.1, 0.15) is 15.9 Å². The van der Waals surface area contributed by atoms with Crippen molar-refractivity contribution >= 4 is 29.6 Å². The SMILES string of the molecule is COC(=O)c1cc(-c2ccc(OC)cc2)[nH]c1N/N=C/c1ccc(Cl)cc1. The maximum Gasteiger partial charge on any atom is 0.341 e. The molecule has 0 bridgehead atoms. The fourth-order valence-electron chi connectivity index (χ4n) is 2.46. The van der Waals surface area contributed by atoms with Crippen molar-refractivity contribution in [2.45, 2.75) is 0 Å². The summed E-state index contributed by atoms with van der Waals surface area (Å²) in [5.74, 6) is 0.734. The number of hydrogen-bond acceptors (Lipinski definition) is 5. The third-order valence-corrected chi connectivity index (χ3v) is 4.14. The van der Waals surface area contributed by atoms with E-state index in [0.717, 1.165) is 22.6 Å². The number of halogens is 1. The van der Waals surface area contributed by atoms with Crippen molar-refractivity contribution in [1.29, 1.82) is 0 Å². The number of hydrogen-bond donors (Lipinski definition) is 2. The van der Waals surface area contributed by atoms with E-state index in [4.69, 9.17) is 21.1 Å². The van der Waals surface area contributed by atoms with Gasteiger partial charge in [0.15, 0.2) is 0 Å². The van der Waals surface area contributed by atoms with Crippen molar-refractivity contribution < 1.29 is 14.3 Å². The lowest BCUT2D eigenvalue weighted by atomic mass is 10.1. The van der Waals surface area contributed by atoms with E-state index in [1.54, 1.807) is 31.5 Å². The van der Waals surface area contributed by atoms with Gasteiger partial charge in [0.1, 0.15) is 17.1 Å². The van der Waals surface area contributed by atoms with Gasteiger partial charge in [-0.05, 0) is 53.6 Å². The molecule has 138 valence electrons. The maximum absolute atomic E-state index is 12.1. The highest BCUT2D eigenvalue weighted by atomic mass is 35.5. The number of carbonyl (C=O) groups excluding carboxylic acids is 1. The topological polar surface area (TPSA) is 75.7 Å². The molecule has 27 heavy (non-hydrogen) atoms. The lowest BCUT2D eigenvalue weighted by Gasteiger charge is -2.02. The Morgan fingerprint density at radius 1 is 1.11 bits per heavy atom. The van der Waals surface area contributed by atoms with Gasteiger partial charge in [-0.25, -0.2) is 4.79 Å². The highest BCUT2D eigenvalue weighted by Gasteiger charge is 2.16. The number of aromatic amines is 1. The van der Waals surface area contributed by atoms with E-state index in [1.165, 1.54) is 7.11 Å². The largest absolute Gasteiger partial charge is 0.497 e. The van der Waals surface area contributed by atoms with Crippen LogP contribution in [0.2, 0.25) is 5.02 Å². The number of rotatable bonds is 6. The Bertz CT molecular complexity index is 948. The minimum atomic E-state index is -0.463. The Balaban J connectivity index is 1.85. The molecule has 0 saturated carbocycles. The van der Waals surface area contributed by atoms with Crippen molar-refractivity contribution in [1.82, 2.24) is 4.98 Å². The predicted molar refractivity (Wildman–Crippen MR) is 107 cm³/mol. The molecule has 1 heterocycles. The minimum absolute atomic E-state index is 0.358. The zero-order chi connectivity index (χ0) is 19.2. The number of methoxy groups -OCH3 is 2. The predicted octanol–water partition coefficient (Wildman–Crippen LogP) is 4.58. The summed E-state index contributed by atoms with van der Waals surface area (Å²) in [5.41, 5.74) is 5.74. The quantitative estimate of drug-likeness (QED) is 0.371. The van der Waals surface area contributed by atoms with E-state index >= 15 is 0 Å². The van der Waals surface area contributed by atoms with Crippen LogP contribution >= 0.6 is 11.6 Å². The van der Waals surface area contributed by atoms with Crippen LogP contribution in [0.25, 0.3) is 11.3 Å². The van der Waals surface area contributed by atoms with Crippen molar-refractivity contribution in [2.75, 3.05) is 19.6 Å². The molecular weight excluding hydrogens is 366 g/mol. The molecule has 3 aromatic rings. The summed E-state index contributed by atoms with van der Waals surface area (Å²) < 4.78 is 10.0. The molecule has 1 aromatic heterocycles. The zero-order valence-corrected chi connectivity index (χ0v) is 15.6. The average molecular weight is 384 g/mol. The van der Waals surface area contributed by atoms with Gasteiger partial charge in [-0.15, -0.1) is 0 Å². The first-order chi connectivity index (χ1) is 13.1. The molecule has 0 atom stereocenters. The number of esters is 1. The normalized spacial score (nSPS) is 10.8. The number of aromatic nitrogens is 1. The number of anilines is 1. The van der Waals surface area contributed by atoms with Crippen molar-refractivity contribution in [3.63, 3.8) is 0 Å². The Morgan fingerprint density at radius 2 is 1.81 bits per heavy atom. The lowest BCUT2D eigenvalue weighted by molar-refractivity contribution is 0.0602. The van der Waals surface area contributed by atoms with Crippen molar-refractivity contribution in [3.05, 3.63) is 70.7 Å². The van der Waals surface area contributed by atoms with Crippen LogP contribution in [0, 0.1) is 0 Å². The van der Waals surface area contributed by atoms with E-state index < -0.39 is 5.97 Å². The third kappa shape index (κ3) is 4.48. The average Bonchev–Trinajstić information content (AvgIpc) is 3.13. The maximum atomic E-state index is 12.1. The molecule has 0 aliphatic heterocycles. The van der Waals surface area contributed by atoms with Crippen LogP contribution in [0.3, 0.4) is 0 Å². The van der Waals surface area contributed by atoms with Gasteiger partial charge in [0, 0.05) is 10.7 Å². The summed E-state index contributed by atoms with van der Waals surface area (Å²) in [5, 5.41) is 4.83. The van der Waals surface area contributed by atoms with Gasteiger partial charge < -0.3 is 14.5 Å². The number of nitrogens with one attached hydrogen (secondary N) is 2. The Morgan fingerprint density at radius 3 is 2.44 bits per heavy atom. The summed E-state index contributed by atoms with van der Waals surface area (Å²) in [7, 11) is 2.95. The monoisotopic (exact) mass is 383 g/mol. The van der Waals surface area contributed by atoms with Gasteiger partial charge in [-0.3, -0.25) is 5.43 Å². The Hall–Kier alpha value is -3.25. The number of ether oxygens (including phenoxy) is 2. The van der Waals surface area contributed by atoms with Crippen LogP contribution < -0.4 is 10.2 Å². The van der Waals surface area contributed by atoms with Crippen molar-refractivity contribution in [2.24, 2.45) is 5.10 Å². The summed E-state index contributed by atoms with van der Waals surface area (Å²) in [4.78, 5) is 15.2. The van der Waals surface area contributed by atoms with E-state index in [0.29, 0.717) is 16.4 Å². The van der Waals surface area contributed by atoms with Crippen LogP contribution in [0.15, 0.2) is 59.7 Å². The van der Waals surface area contributed by atoms with Gasteiger partial charge in [0.25, 0.3) is 0 Å². The van der Waals surface area contributed by atoms with Gasteiger partial charge >= 0.3 is 5.97 Å². The molecule has 0 aliphatic carbocycles. The first-order valence-corrected chi connectivity index (χ1v) is 8.49. The van der Waals surface area contributed by atoms with Crippen LogP contribution in [-0.4, -0.2) is 31.4 Å². The fourth-order valence-corrected chi connectivity index (χ4v) is 2.59. The van der Waals surface area contributed by atoms with Gasteiger partial charge in [-0.2, -0.15) is 5.10 Å². The summed E-state index contributed by atoms with van der Waals surface area (Å²) >= 11 is 5.87. The molecule has 2 aromatic carbocycles. The number of H-pyrrole nitrogens is 1.